The zero-order chi connectivity index (χ0) is 14.4. The highest BCUT2D eigenvalue weighted by Crippen LogP contribution is 2.14. The van der Waals surface area contributed by atoms with Gasteiger partial charge in [0.1, 0.15) is 0 Å². The molecular weight excluding hydrogens is 256 g/mol. The fourth-order valence-electron chi connectivity index (χ4n) is 1.54. The highest BCUT2D eigenvalue weighted by molar-refractivity contribution is 6.04. The normalized spacial score (nSPS) is 9.65. The first-order chi connectivity index (χ1) is 9.69. The summed E-state index contributed by atoms with van der Waals surface area (Å²) < 4.78 is 0. The van der Waals surface area contributed by atoms with Crippen molar-refractivity contribution in [2.45, 2.75) is 0 Å². The molecule has 0 aliphatic rings. The van der Waals surface area contributed by atoms with Crippen molar-refractivity contribution in [3.63, 3.8) is 0 Å². The number of pyridine rings is 1. The van der Waals surface area contributed by atoms with Crippen molar-refractivity contribution in [1.82, 2.24) is 10.3 Å². The Hall–Kier alpha value is -2.89. The number of nitrogens with zero attached hydrogens (tertiary/aromatic N) is 1. The Kier molecular flexibility index (Phi) is 4.28. The number of aromatic nitrogens is 1. The van der Waals surface area contributed by atoms with E-state index in [1.54, 1.807) is 55.8 Å². The van der Waals surface area contributed by atoms with Gasteiger partial charge in [0.2, 0.25) is 0 Å². The smallest absolute Gasteiger partial charge is 0.318 e. The molecule has 0 aliphatic heterocycles. The molecule has 0 bridgehead atoms. The first-order valence-corrected chi connectivity index (χ1v) is 5.99. The Morgan fingerprint density at radius 2 is 1.45 bits per heavy atom. The molecule has 3 N–H and O–H groups in total. The topological polar surface area (TPSA) is 83.1 Å². The van der Waals surface area contributed by atoms with Gasteiger partial charge in [-0.1, -0.05) is 0 Å². The van der Waals surface area contributed by atoms with Crippen molar-refractivity contribution in [1.29, 1.82) is 0 Å². The third-order valence-electron chi connectivity index (χ3n) is 2.57. The predicted molar refractivity (Wildman–Crippen MR) is 76.7 cm³/mol. The fraction of sp³-hybridized carbons (Fsp3) is 0.0714. The number of carbonyl (C=O) groups excluding carboxylic acids is 2. The van der Waals surface area contributed by atoms with Crippen molar-refractivity contribution in [3.8, 4) is 0 Å². The van der Waals surface area contributed by atoms with Gasteiger partial charge in [0.25, 0.3) is 5.91 Å². The van der Waals surface area contributed by atoms with Crippen molar-refractivity contribution in [2.75, 3.05) is 17.7 Å². The molecule has 20 heavy (non-hydrogen) atoms. The number of anilines is 2. The molecule has 0 radical (unpaired) electrons. The molecule has 1 aromatic carbocycles. The third-order valence-corrected chi connectivity index (χ3v) is 2.57. The SMILES string of the molecule is CNC(=O)Nc1ccc(NC(=O)c2ccncc2)cc1. The Morgan fingerprint density at radius 1 is 0.900 bits per heavy atom. The van der Waals surface area contributed by atoms with Crippen molar-refractivity contribution in [2.24, 2.45) is 0 Å². The summed E-state index contributed by atoms with van der Waals surface area (Å²) in [5.74, 6) is -0.209. The summed E-state index contributed by atoms with van der Waals surface area (Å²) in [6.07, 6.45) is 3.12. The van der Waals surface area contributed by atoms with E-state index < -0.39 is 0 Å². The zero-order valence-electron chi connectivity index (χ0n) is 10.9. The van der Waals surface area contributed by atoms with Gasteiger partial charge in [-0.15, -0.1) is 0 Å². The van der Waals surface area contributed by atoms with Crippen LogP contribution in [0, 0.1) is 0 Å². The van der Waals surface area contributed by atoms with Gasteiger partial charge in [0, 0.05) is 36.4 Å². The van der Waals surface area contributed by atoms with E-state index in [-0.39, 0.29) is 11.9 Å². The van der Waals surface area contributed by atoms with E-state index >= 15 is 0 Å². The highest BCUT2D eigenvalue weighted by atomic mass is 16.2. The summed E-state index contributed by atoms with van der Waals surface area (Å²) >= 11 is 0. The van der Waals surface area contributed by atoms with E-state index in [1.165, 1.54) is 0 Å². The largest absolute Gasteiger partial charge is 0.341 e. The molecule has 102 valence electrons. The molecule has 1 aromatic heterocycles. The average molecular weight is 270 g/mol. The minimum absolute atomic E-state index is 0.209. The minimum atomic E-state index is -0.293. The number of urea groups is 1. The number of rotatable bonds is 3. The molecule has 3 amide bonds. The Bertz CT molecular complexity index is 596. The van der Waals surface area contributed by atoms with Crippen LogP contribution in [0.1, 0.15) is 10.4 Å². The number of hydrogen-bond donors (Lipinski definition) is 3. The first-order valence-electron chi connectivity index (χ1n) is 5.99. The lowest BCUT2D eigenvalue weighted by Crippen LogP contribution is -2.24. The van der Waals surface area contributed by atoms with Crippen LogP contribution in [0.4, 0.5) is 16.2 Å². The van der Waals surface area contributed by atoms with E-state index in [2.05, 4.69) is 20.9 Å². The van der Waals surface area contributed by atoms with Crippen LogP contribution >= 0.6 is 0 Å². The molecule has 0 spiro atoms. The Morgan fingerprint density at radius 3 is 2.00 bits per heavy atom. The summed E-state index contributed by atoms with van der Waals surface area (Å²) in [5, 5.41) is 7.85. The molecule has 0 atom stereocenters. The van der Waals surface area contributed by atoms with Gasteiger partial charge in [-0.05, 0) is 36.4 Å². The maximum Gasteiger partial charge on any atom is 0.318 e. The van der Waals surface area contributed by atoms with Gasteiger partial charge in [-0.25, -0.2) is 4.79 Å². The molecular formula is C14H14N4O2. The van der Waals surface area contributed by atoms with E-state index in [4.69, 9.17) is 0 Å². The van der Waals surface area contributed by atoms with Gasteiger partial charge in [0.05, 0.1) is 0 Å². The van der Waals surface area contributed by atoms with Crippen LogP contribution in [-0.2, 0) is 0 Å². The van der Waals surface area contributed by atoms with Crippen LogP contribution in [-0.4, -0.2) is 24.0 Å². The first kappa shape index (κ1) is 13.5. The monoisotopic (exact) mass is 270 g/mol. The van der Waals surface area contributed by atoms with Crippen molar-refractivity contribution < 1.29 is 9.59 Å². The summed E-state index contributed by atoms with van der Waals surface area (Å²) in [6.45, 7) is 0. The summed E-state index contributed by atoms with van der Waals surface area (Å²) in [5.41, 5.74) is 1.83. The van der Waals surface area contributed by atoms with Crippen LogP contribution in [0.3, 0.4) is 0 Å². The van der Waals surface area contributed by atoms with E-state index in [9.17, 15) is 9.59 Å². The van der Waals surface area contributed by atoms with Gasteiger partial charge in [0.15, 0.2) is 0 Å². The lowest BCUT2D eigenvalue weighted by atomic mass is 10.2. The second kappa shape index (κ2) is 6.33. The number of benzene rings is 1. The fourth-order valence-corrected chi connectivity index (χ4v) is 1.54. The van der Waals surface area contributed by atoms with Crippen LogP contribution in [0.15, 0.2) is 48.8 Å². The third kappa shape index (κ3) is 3.55. The molecule has 0 unspecified atom stereocenters. The maximum atomic E-state index is 11.9. The Balaban J connectivity index is 2.00. The van der Waals surface area contributed by atoms with Gasteiger partial charge >= 0.3 is 6.03 Å². The van der Waals surface area contributed by atoms with Crippen LogP contribution in [0.2, 0.25) is 0 Å². The second-order valence-electron chi connectivity index (χ2n) is 3.97. The van der Waals surface area contributed by atoms with E-state index in [0.29, 0.717) is 16.9 Å². The van der Waals surface area contributed by atoms with Crippen LogP contribution in [0.5, 0.6) is 0 Å². The average Bonchev–Trinajstić information content (AvgIpc) is 2.50. The van der Waals surface area contributed by atoms with Gasteiger partial charge < -0.3 is 16.0 Å². The predicted octanol–water partition coefficient (Wildman–Crippen LogP) is 2.09. The maximum absolute atomic E-state index is 11.9. The van der Waals surface area contributed by atoms with Gasteiger partial charge in [-0.3, -0.25) is 9.78 Å². The molecule has 0 fully saturated rings. The molecule has 2 rings (SSSR count). The number of nitrogens with one attached hydrogen (secondary N) is 3. The molecule has 0 saturated heterocycles. The lowest BCUT2D eigenvalue weighted by Gasteiger charge is -2.07. The lowest BCUT2D eigenvalue weighted by molar-refractivity contribution is 0.102. The molecule has 6 heteroatoms. The minimum Gasteiger partial charge on any atom is -0.341 e. The summed E-state index contributed by atoms with van der Waals surface area (Å²) in [4.78, 5) is 26.9. The molecule has 2 aromatic rings. The second-order valence-corrected chi connectivity index (χ2v) is 3.97. The summed E-state index contributed by atoms with van der Waals surface area (Å²) in [7, 11) is 1.54. The molecule has 1 heterocycles. The number of carbonyl (C=O) groups is 2. The quantitative estimate of drug-likeness (QED) is 0.798. The van der Waals surface area contributed by atoms with Crippen LogP contribution < -0.4 is 16.0 Å². The standard InChI is InChI=1S/C14H14N4O2/c1-15-14(20)18-12-4-2-11(3-5-12)17-13(19)10-6-8-16-9-7-10/h2-9H,1H3,(H,17,19)(H2,15,18,20). The van der Waals surface area contributed by atoms with Crippen molar-refractivity contribution >= 4 is 23.3 Å². The highest BCUT2D eigenvalue weighted by Gasteiger charge is 2.05. The number of hydrogen-bond acceptors (Lipinski definition) is 3. The van der Waals surface area contributed by atoms with E-state index in [0.717, 1.165) is 0 Å². The van der Waals surface area contributed by atoms with Gasteiger partial charge in [-0.2, -0.15) is 0 Å². The zero-order valence-corrected chi connectivity index (χ0v) is 10.9. The molecule has 0 aliphatic carbocycles. The van der Waals surface area contributed by atoms with E-state index in [1.807, 2.05) is 0 Å². The number of amides is 3. The Labute approximate surface area is 116 Å². The van der Waals surface area contributed by atoms with Crippen LogP contribution in [0.25, 0.3) is 0 Å². The molecule has 0 saturated carbocycles. The molecule has 6 nitrogen and oxygen atoms in total. The van der Waals surface area contributed by atoms with Crippen molar-refractivity contribution in [3.05, 3.63) is 54.4 Å². The summed E-state index contributed by atoms with van der Waals surface area (Å²) in [6, 6.07) is 9.82.